The molecule has 8 heteroatoms. The van der Waals surface area contributed by atoms with E-state index >= 15 is 0 Å². The van der Waals surface area contributed by atoms with Crippen LogP contribution < -0.4 is 15.4 Å². The highest BCUT2D eigenvalue weighted by Crippen LogP contribution is 2.36. The quantitative estimate of drug-likeness (QED) is 0.445. The number of rotatable bonds is 9. The molecule has 5 rings (SSSR count). The predicted molar refractivity (Wildman–Crippen MR) is 131 cm³/mol. The monoisotopic (exact) mass is 461 g/mol. The van der Waals surface area contributed by atoms with Crippen molar-refractivity contribution in [3.8, 4) is 5.75 Å². The lowest BCUT2D eigenvalue weighted by Crippen LogP contribution is -2.37. The summed E-state index contributed by atoms with van der Waals surface area (Å²) in [6.07, 6.45) is 8.48. The summed E-state index contributed by atoms with van der Waals surface area (Å²) in [5.41, 5.74) is 2.51. The number of benzene rings is 2. The number of nitrogens with one attached hydrogen (secondary N) is 2. The minimum absolute atomic E-state index is 0.211. The van der Waals surface area contributed by atoms with Crippen molar-refractivity contribution in [2.75, 3.05) is 36.9 Å². The number of carbonyl (C=O) groups is 1. The number of hydrogen-bond acceptors (Lipinski definition) is 6. The van der Waals surface area contributed by atoms with Gasteiger partial charge in [-0.1, -0.05) is 6.08 Å². The van der Waals surface area contributed by atoms with Gasteiger partial charge >= 0.3 is 0 Å². The van der Waals surface area contributed by atoms with Gasteiger partial charge < -0.3 is 15.4 Å². The van der Waals surface area contributed by atoms with Crippen molar-refractivity contribution < 1.29 is 13.9 Å². The van der Waals surface area contributed by atoms with Gasteiger partial charge in [0.05, 0.1) is 17.8 Å². The van der Waals surface area contributed by atoms with Gasteiger partial charge in [0.15, 0.2) is 0 Å². The van der Waals surface area contributed by atoms with Crippen LogP contribution in [0.4, 0.5) is 21.6 Å². The van der Waals surface area contributed by atoms with Crippen molar-refractivity contribution in [2.24, 2.45) is 5.92 Å². The lowest BCUT2D eigenvalue weighted by Gasteiger charge is -2.29. The Morgan fingerprint density at radius 1 is 1.24 bits per heavy atom. The largest absolute Gasteiger partial charge is 0.491 e. The minimum Gasteiger partial charge on any atom is -0.491 e. The first-order chi connectivity index (χ1) is 16.5. The molecule has 3 aromatic rings. The normalized spacial score (nSPS) is 15.9. The number of amides is 1. The summed E-state index contributed by atoms with van der Waals surface area (Å²) in [7, 11) is 0. The number of anilines is 3. The van der Waals surface area contributed by atoms with Gasteiger partial charge in [-0.05, 0) is 75.0 Å². The molecule has 0 spiro atoms. The average molecular weight is 462 g/mol. The fourth-order valence-electron chi connectivity index (χ4n) is 3.80. The molecule has 1 saturated carbocycles. The van der Waals surface area contributed by atoms with Gasteiger partial charge in [-0.3, -0.25) is 9.69 Å². The van der Waals surface area contributed by atoms with Crippen LogP contribution in [0.15, 0.2) is 48.8 Å². The first kappa shape index (κ1) is 22.3. The third-order valence-corrected chi connectivity index (χ3v) is 6.17. The number of fused-ring (bicyclic) bond motifs is 1. The number of aromatic nitrogens is 2. The van der Waals surface area contributed by atoms with E-state index in [2.05, 4.69) is 25.5 Å². The standard InChI is InChI=1S/C26H28FN5O2/c1-17-12-19(7-8-21(17)27)30-26-20-13-23(31-25(33)4-2-9-32-10-3-11-32)24(34-15-18-5-6-18)14-22(20)28-16-29-26/h2,4,7-8,12-14,16,18H,3,5-6,9-11,15H2,1H3,(H,31,33)(H,28,29,30)/b4-2+. The van der Waals surface area contributed by atoms with E-state index in [4.69, 9.17) is 4.74 Å². The average Bonchev–Trinajstić information content (AvgIpc) is 3.61. The molecule has 1 aromatic heterocycles. The van der Waals surface area contributed by atoms with Crippen molar-refractivity contribution in [1.82, 2.24) is 14.9 Å². The van der Waals surface area contributed by atoms with Crippen LogP contribution in [-0.4, -0.2) is 47.0 Å². The molecule has 0 atom stereocenters. The Morgan fingerprint density at radius 3 is 2.82 bits per heavy atom. The molecule has 176 valence electrons. The summed E-state index contributed by atoms with van der Waals surface area (Å²) >= 11 is 0. The van der Waals surface area contributed by atoms with Crippen molar-refractivity contribution >= 4 is 34.0 Å². The molecule has 1 aliphatic carbocycles. The number of likely N-dealkylation sites (tertiary alicyclic amines) is 1. The summed E-state index contributed by atoms with van der Waals surface area (Å²) in [4.78, 5) is 23.7. The zero-order valence-electron chi connectivity index (χ0n) is 19.2. The zero-order chi connectivity index (χ0) is 23.5. The molecule has 1 aliphatic heterocycles. The smallest absolute Gasteiger partial charge is 0.248 e. The van der Waals surface area contributed by atoms with Crippen LogP contribution in [0.25, 0.3) is 10.9 Å². The molecule has 0 radical (unpaired) electrons. The number of ether oxygens (including phenoxy) is 1. The Bertz CT molecular complexity index is 1240. The highest BCUT2D eigenvalue weighted by Gasteiger charge is 2.23. The molecule has 2 aromatic carbocycles. The van der Waals surface area contributed by atoms with Crippen LogP contribution >= 0.6 is 0 Å². The molecule has 2 fully saturated rings. The number of hydrogen-bond donors (Lipinski definition) is 2. The zero-order valence-corrected chi connectivity index (χ0v) is 19.2. The Kier molecular flexibility index (Phi) is 6.40. The van der Waals surface area contributed by atoms with E-state index in [1.807, 2.05) is 18.2 Å². The first-order valence-electron chi connectivity index (χ1n) is 11.7. The van der Waals surface area contributed by atoms with Crippen molar-refractivity contribution in [3.63, 3.8) is 0 Å². The fraction of sp³-hybridized carbons (Fsp3) is 0.346. The van der Waals surface area contributed by atoms with Crippen LogP contribution in [0.3, 0.4) is 0 Å². The Balaban J connectivity index is 1.42. The van der Waals surface area contributed by atoms with E-state index in [1.165, 1.54) is 31.7 Å². The topological polar surface area (TPSA) is 79.4 Å². The minimum atomic E-state index is -0.261. The molecule has 1 saturated heterocycles. The van der Waals surface area contributed by atoms with Gasteiger partial charge in [0.25, 0.3) is 0 Å². The third kappa shape index (κ3) is 5.34. The van der Waals surface area contributed by atoms with E-state index in [0.717, 1.165) is 25.0 Å². The van der Waals surface area contributed by atoms with Crippen LogP contribution in [0.5, 0.6) is 5.75 Å². The fourth-order valence-corrected chi connectivity index (χ4v) is 3.80. The van der Waals surface area contributed by atoms with Crippen LogP contribution in [-0.2, 0) is 4.79 Å². The lowest BCUT2D eigenvalue weighted by molar-refractivity contribution is -0.111. The number of aryl methyl sites for hydroxylation is 1. The van der Waals surface area contributed by atoms with E-state index in [-0.39, 0.29) is 11.7 Å². The highest BCUT2D eigenvalue weighted by molar-refractivity contribution is 6.03. The number of carbonyl (C=O) groups excluding carboxylic acids is 1. The Hall–Kier alpha value is -3.52. The maximum absolute atomic E-state index is 13.7. The molecule has 2 N–H and O–H groups in total. The van der Waals surface area contributed by atoms with E-state index in [0.29, 0.717) is 46.5 Å². The predicted octanol–water partition coefficient (Wildman–Crippen LogP) is 4.81. The van der Waals surface area contributed by atoms with Gasteiger partial charge in [-0.2, -0.15) is 0 Å². The number of halogens is 1. The molecule has 1 amide bonds. The second-order valence-corrected chi connectivity index (χ2v) is 8.98. The SMILES string of the molecule is Cc1cc(Nc2ncnc3cc(OCC4CC4)c(NC(=O)/C=C/CN4CCC4)cc23)ccc1F. The molecule has 2 aliphatic rings. The molecule has 0 unspecified atom stereocenters. The maximum atomic E-state index is 13.7. The Labute approximate surface area is 198 Å². The molecule has 0 bridgehead atoms. The first-order valence-corrected chi connectivity index (χ1v) is 11.7. The lowest BCUT2D eigenvalue weighted by atomic mass is 10.1. The molecule has 2 heterocycles. The second kappa shape index (κ2) is 9.77. The molecule has 34 heavy (non-hydrogen) atoms. The Morgan fingerprint density at radius 2 is 2.09 bits per heavy atom. The van der Waals surface area contributed by atoms with Gasteiger partial charge in [0.1, 0.15) is 23.7 Å². The third-order valence-electron chi connectivity index (χ3n) is 6.17. The summed E-state index contributed by atoms with van der Waals surface area (Å²) in [6.45, 7) is 5.27. The van der Waals surface area contributed by atoms with Gasteiger partial charge in [-0.25, -0.2) is 14.4 Å². The van der Waals surface area contributed by atoms with Crippen molar-refractivity contribution in [1.29, 1.82) is 0 Å². The van der Waals surface area contributed by atoms with Crippen LogP contribution in [0.1, 0.15) is 24.8 Å². The van der Waals surface area contributed by atoms with E-state index in [9.17, 15) is 9.18 Å². The second-order valence-electron chi connectivity index (χ2n) is 8.98. The summed E-state index contributed by atoms with van der Waals surface area (Å²) in [6, 6.07) is 8.47. The highest BCUT2D eigenvalue weighted by atomic mass is 19.1. The molecule has 7 nitrogen and oxygen atoms in total. The van der Waals surface area contributed by atoms with Gasteiger partial charge in [0.2, 0.25) is 5.91 Å². The van der Waals surface area contributed by atoms with E-state index in [1.54, 1.807) is 25.1 Å². The molecular weight excluding hydrogens is 433 g/mol. The van der Waals surface area contributed by atoms with E-state index < -0.39 is 0 Å². The van der Waals surface area contributed by atoms with Crippen LogP contribution in [0.2, 0.25) is 0 Å². The van der Waals surface area contributed by atoms with Gasteiger partial charge in [0, 0.05) is 29.8 Å². The summed E-state index contributed by atoms with van der Waals surface area (Å²) < 4.78 is 19.7. The maximum Gasteiger partial charge on any atom is 0.248 e. The summed E-state index contributed by atoms with van der Waals surface area (Å²) in [5.74, 6) is 1.25. The summed E-state index contributed by atoms with van der Waals surface area (Å²) in [5, 5.41) is 6.93. The molecular formula is C26H28FN5O2. The van der Waals surface area contributed by atoms with Crippen LogP contribution in [0, 0.1) is 18.7 Å². The number of nitrogens with zero attached hydrogens (tertiary/aromatic N) is 3. The van der Waals surface area contributed by atoms with Crippen molar-refractivity contribution in [2.45, 2.75) is 26.2 Å². The van der Waals surface area contributed by atoms with Gasteiger partial charge in [-0.15, -0.1) is 0 Å². The van der Waals surface area contributed by atoms with Crippen molar-refractivity contribution in [3.05, 3.63) is 60.2 Å².